The molecule has 180 valence electrons. The molecule has 1 amide bonds. The zero-order valence-corrected chi connectivity index (χ0v) is 19.9. The van der Waals surface area contributed by atoms with Crippen molar-refractivity contribution in [2.45, 2.75) is 30.9 Å². The number of nitrogens with zero attached hydrogens (tertiary/aromatic N) is 4. The molecule has 2 saturated heterocycles. The van der Waals surface area contributed by atoms with Crippen molar-refractivity contribution in [3.05, 3.63) is 71.5 Å². The van der Waals surface area contributed by atoms with Crippen LogP contribution in [-0.2, 0) is 15.8 Å². The van der Waals surface area contributed by atoms with Gasteiger partial charge in [0.25, 0.3) is 5.91 Å². The Bertz CT molecular complexity index is 1270. The van der Waals surface area contributed by atoms with Crippen molar-refractivity contribution in [1.29, 1.82) is 0 Å². The summed E-state index contributed by atoms with van der Waals surface area (Å²) in [6.45, 7) is 2.31. The second-order valence-corrected chi connectivity index (χ2v) is 11.3. The molecule has 0 spiro atoms. The fraction of sp³-hybridized carbons (Fsp3) is 0.440. The van der Waals surface area contributed by atoms with Gasteiger partial charge in [-0.15, -0.1) is 0 Å². The van der Waals surface area contributed by atoms with Gasteiger partial charge in [-0.25, -0.2) is 17.2 Å². The monoisotopic (exact) mass is 482 g/mol. The number of benzene rings is 1. The molecule has 0 saturated carbocycles. The van der Waals surface area contributed by atoms with Crippen LogP contribution in [0.3, 0.4) is 0 Å². The van der Waals surface area contributed by atoms with Crippen molar-refractivity contribution < 1.29 is 18.3 Å². The van der Waals surface area contributed by atoms with Crippen LogP contribution in [0.2, 0.25) is 0 Å². The van der Waals surface area contributed by atoms with E-state index in [4.69, 9.17) is 0 Å². The molecule has 2 fully saturated rings. The van der Waals surface area contributed by atoms with Crippen LogP contribution in [0, 0.1) is 5.92 Å². The van der Waals surface area contributed by atoms with Crippen LogP contribution in [0.1, 0.15) is 46.7 Å². The van der Waals surface area contributed by atoms with Crippen molar-refractivity contribution >= 4 is 21.4 Å². The van der Waals surface area contributed by atoms with Crippen LogP contribution in [0.5, 0.6) is 0 Å². The van der Waals surface area contributed by atoms with Gasteiger partial charge < -0.3 is 10.0 Å². The van der Waals surface area contributed by atoms with Gasteiger partial charge in [0.1, 0.15) is 0 Å². The molecular weight excluding hydrogens is 452 g/mol. The Balaban J connectivity index is 1.28. The summed E-state index contributed by atoms with van der Waals surface area (Å²) < 4.78 is 29.1. The van der Waals surface area contributed by atoms with E-state index in [1.54, 1.807) is 19.9 Å². The van der Waals surface area contributed by atoms with E-state index in [1.165, 1.54) is 0 Å². The molecule has 1 N–H and O–H groups in total. The van der Waals surface area contributed by atoms with Gasteiger partial charge in [0.15, 0.2) is 0 Å². The molecule has 2 aliphatic heterocycles. The lowest BCUT2D eigenvalue weighted by atomic mass is 9.90. The fourth-order valence-corrected chi connectivity index (χ4v) is 6.66. The van der Waals surface area contributed by atoms with Gasteiger partial charge in [0.2, 0.25) is 10.0 Å². The lowest BCUT2D eigenvalue weighted by Gasteiger charge is -2.31. The standard InChI is InChI=1S/C25H30N4O4S/c30-17-20-6-10-27(16-20)25(31)23-15-26-29-13-9-22(14-24(23)29)21-7-11-28(12-8-21)34(32,33)18-19-4-2-1-3-5-19/h1-5,9,13-15,20-21,30H,6-8,10-12,16-18H2. The number of sulfonamides is 1. The maximum atomic E-state index is 13.1. The number of likely N-dealkylation sites (tertiary alicyclic amines) is 1. The van der Waals surface area contributed by atoms with Crippen molar-refractivity contribution in [2.24, 2.45) is 5.92 Å². The number of pyridine rings is 1. The molecule has 2 aliphatic rings. The Morgan fingerprint density at radius 3 is 2.53 bits per heavy atom. The zero-order chi connectivity index (χ0) is 23.7. The Morgan fingerprint density at radius 2 is 1.82 bits per heavy atom. The predicted octanol–water partition coefficient (Wildman–Crippen LogP) is 2.50. The number of carbonyl (C=O) groups excluding carboxylic acids is 1. The SMILES string of the molecule is O=C(c1cnn2ccc(C3CCN(S(=O)(=O)Cc4ccccc4)CC3)cc12)N1CCC(CO)C1. The summed E-state index contributed by atoms with van der Waals surface area (Å²) in [5.41, 5.74) is 3.26. The average Bonchev–Trinajstić information content (AvgIpc) is 3.51. The molecule has 34 heavy (non-hydrogen) atoms. The summed E-state index contributed by atoms with van der Waals surface area (Å²) in [5, 5.41) is 13.7. The van der Waals surface area contributed by atoms with E-state index in [1.807, 2.05) is 48.7 Å². The molecule has 0 aliphatic carbocycles. The summed E-state index contributed by atoms with van der Waals surface area (Å²) in [6, 6.07) is 13.3. The smallest absolute Gasteiger partial charge is 0.257 e. The molecule has 1 atom stereocenters. The van der Waals surface area contributed by atoms with Gasteiger partial charge in [-0.1, -0.05) is 30.3 Å². The van der Waals surface area contributed by atoms with Gasteiger partial charge in [-0.3, -0.25) is 4.79 Å². The molecule has 2 aromatic heterocycles. The quantitative estimate of drug-likeness (QED) is 0.583. The summed E-state index contributed by atoms with van der Waals surface area (Å²) in [5.74, 6) is 0.352. The third-order valence-corrected chi connectivity index (χ3v) is 8.97. The second kappa shape index (κ2) is 9.48. The molecule has 9 heteroatoms. The Kier molecular flexibility index (Phi) is 6.42. The Labute approximate surface area is 199 Å². The molecular formula is C25H30N4O4S. The van der Waals surface area contributed by atoms with Crippen LogP contribution in [0.4, 0.5) is 0 Å². The lowest BCUT2D eigenvalue weighted by molar-refractivity contribution is 0.0783. The van der Waals surface area contributed by atoms with Crippen LogP contribution in [0.25, 0.3) is 5.52 Å². The van der Waals surface area contributed by atoms with Gasteiger partial charge in [-0.2, -0.15) is 5.10 Å². The molecule has 8 nitrogen and oxygen atoms in total. The number of amides is 1. The van der Waals surface area contributed by atoms with Crippen LogP contribution in [-0.4, -0.2) is 71.0 Å². The van der Waals surface area contributed by atoms with Crippen LogP contribution < -0.4 is 0 Å². The fourth-order valence-electron chi connectivity index (χ4n) is 5.10. The van der Waals surface area contributed by atoms with E-state index in [9.17, 15) is 18.3 Å². The summed E-state index contributed by atoms with van der Waals surface area (Å²) in [6.07, 6.45) is 5.79. The third kappa shape index (κ3) is 4.60. The van der Waals surface area contributed by atoms with Crippen molar-refractivity contribution in [1.82, 2.24) is 18.8 Å². The zero-order valence-electron chi connectivity index (χ0n) is 19.1. The molecule has 5 rings (SSSR count). The second-order valence-electron chi connectivity index (χ2n) is 9.35. The topological polar surface area (TPSA) is 95.2 Å². The number of hydrogen-bond donors (Lipinski definition) is 1. The van der Waals surface area contributed by atoms with E-state index in [2.05, 4.69) is 5.10 Å². The van der Waals surface area contributed by atoms with E-state index >= 15 is 0 Å². The minimum absolute atomic E-state index is 0.0272. The van der Waals surface area contributed by atoms with E-state index < -0.39 is 10.0 Å². The molecule has 1 unspecified atom stereocenters. The highest BCUT2D eigenvalue weighted by molar-refractivity contribution is 7.88. The predicted molar refractivity (Wildman–Crippen MR) is 129 cm³/mol. The minimum Gasteiger partial charge on any atom is -0.396 e. The van der Waals surface area contributed by atoms with Gasteiger partial charge >= 0.3 is 0 Å². The van der Waals surface area contributed by atoms with Crippen LogP contribution in [0.15, 0.2) is 54.9 Å². The summed E-state index contributed by atoms with van der Waals surface area (Å²) >= 11 is 0. The van der Waals surface area contributed by atoms with Crippen molar-refractivity contribution in [2.75, 3.05) is 32.8 Å². The first-order valence-electron chi connectivity index (χ1n) is 11.8. The maximum Gasteiger partial charge on any atom is 0.257 e. The van der Waals surface area contributed by atoms with Gasteiger partial charge in [-0.05, 0) is 48.4 Å². The van der Waals surface area contributed by atoms with Crippen molar-refractivity contribution in [3.8, 4) is 0 Å². The first-order chi connectivity index (χ1) is 16.4. The van der Waals surface area contributed by atoms with E-state index in [0.29, 0.717) is 31.7 Å². The molecule has 4 heterocycles. The van der Waals surface area contributed by atoms with Gasteiger partial charge in [0.05, 0.1) is 23.0 Å². The lowest BCUT2D eigenvalue weighted by Crippen LogP contribution is -2.38. The van der Waals surface area contributed by atoms with Gasteiger partial charge in [0, 0.05) is 44.9 Å². The average molecular weight is 483 g/mol. The first kappa shape index (κ1) is 23.0. The molecule has 0 bridgehead atoms. The Morgan fingerprint density at radius 1 is 1.06 bits per heavy atom. The number of aliphatic hydroxyl groups is 1. The Hall–Kier alpha value is -2.75. The number of aromatic nitrogens is 2. The highest BCUT2D eigenvalue weighted by atomic mass is 32.2. The molecule has 0 radical (unpaired) electrons. The number of piperidine rings is 1. The molecule has 3 aromatic rings. The molecule has 1 aromatic carbocycles. The number of rotatable bonds is 6. The minimum atomic E-state index is -3.35. The number of carbonyl (C=O) groups is 1. The summed E-state index contributed by atoms with van der Waals surface area (Å²) in [7, 11) is -3.35. The number of aliphatic hydroxyl groups excluding tert-OH is 1. The van der Waals surface area contributed by atoms with Crippen LogP contribution >= 0.6 is 0 Å². The highest BCUT2D eigenvalue weighted by Crippen LogP contribution is 2.31. The normalized spacial score (nSPS) is 20.3. The first-order valence-corrected chi connectivity index (χ1v) is 13.4. The summed E-state index contributed by atoms with van der Waals surface area (Å²) in [4.78, 5) is 14.9. The third-order valence-electron chi connectivity index (χ3n) is 7.12. The maximum absolute atomic E-state index is 13.1. The van der Waals surface area contributed by atoms with Crippen molar-refractivity contribution in [3.63, 3.8) is 0 Å². The largest absolute Gasteiger partial charge is 0.396 e. The highest BCUT2D eigenvalue weighted by Gasteiger charge is 2.30. The van der Waals surface area contributed by atoms with E-state index in [0.717, 1.165) is 35.9 Å². The number of fused-ring (bicyclic) bond motifs is 1. The number of hydrogen-bond acceptors (Lipinski definition) is 5. The van der Waals surface area contributed by atoms with E-state index in [-0.39, 0.29) is 30.1 Å².